The molecule has 0 bridgehead atoms. The third kappa shape index (κ3) is 2.86. The van der Waals surface area contributed by atoms with E-state index < -0.39 is 0 Å². The molecule has 0 saturated heterocycles. The van der Waals surface area contributed by atoms with Crippen molar-refractivity contribution in [3.05, 3.63) is 24.3 Å². The minimum absolute atomic E-state index is 0.306. The van der Waals surface area contributed by atoms with E-state index in [9.17, 15) is 0 Å². The molecule has 1 aliphatic carbocycles. The summed E-state index contributed by atoms with van der Waals surface area (Å²) in [7, 11) is 0. The normalized spacial score (nSPS) is 26.2. The van der Waals surface area contributed by atoms with Crippen molar-refractivity contribution in [2.45, 2.75) is 37.8 Å². The first-order valence-electron chi connectivity index (χ1n) is 5.55. The molecule has 1 saturated carbocycles. The van der Waals surface area contributed by atoms with Crippen LogP contribution in [0.25, 0.3) is 0 Å². The second kappa shape index (κ2) is 4.53. The Kier molecular flexibility index (Phi) is 3.11. The van der Waals surface area contributed by atoms with E-state index in [1.165, 1.54) is 12.8 Å². The van der Waals surface area contributed by atoms with E-state index in [1.54, 1.807) is 12.1 Å². The van der Waals surface area contributed by atoms with Gasteiger partial charge in [0.1, 0.15) is 5.75 Å². The lowest BCUT2D eigenvalue weighted by molar-refractivity contribution is 0.409. The van der Waals surface area contributed by atoms with Crippen molar-refractivity contribution in [2.75, 3.05) is 5.32 Å². The van der Waals surface area contributed by atoms with E-state index in [4.69, 9.17) is 10.8 Å². The number of anilines is 1. The summed E-state index contributed by atoms with van der Waals surface area (Å²) >= 11 is 0. The van der Waals surface area contributed by atoms with Gasteiger partial charge in [-0.3, -0.25) is 0 Å². The molecular weight excluding hydrogens is 188 g/mol. The highest BCUT2D eigenvalue weighted by Gasteiger charge is 2.18. The van der Waals surface area contributed by atoms with Gasteiger partial charge in [-0.25, -0.2) is 0 Å². The summed E-state index contributed by atoms with van der Waals surface area (Å²) in [5.74, 6) is 0.306. The molecule has 0 heterocycles. The molecule has 3 heteroatoms. The number of rotatable bonds is 2. The zero-order valence-electron chi connectivity index (χ0n) is 8.82. The summed E-state index contributed by atoms with van der Waals surface area (Å²) in [6.45, 7) is 0. The van der Waals surface area contributed by atoms with Crippen LogP contribution in [-0.2, 0) is 0 Å². The largest absolute Gasteiger partial charge is 0.508 e. The highest BCUT2D eigenvalue weighted by molar-refractivity contribution is 5.46. The van der Waals surface area contributed by atoms with Crippen molar-refractivity contribution < 1.29 is 5.11 Å². The van der Waals surface area contributed by atoms with Crippen LogP contribution in [-0.4, -0.2) is 17.2 Å². The molecule has 0 amide bonds. The predicted octanol–water partition coefficient (Wildman–Crippen LogP) is 2.07. The lowest BCUT2D eigenvalue weighted by atomic mass is 9.91. The van der Waals surface area contributed by atoms with Crippen LogP contribution in [0.2, 0.25) is 0 Å². The van der Waals surface area contributed by atoms with Crippen LogP contribution in [0.1, 0.15) is 25.7 Å². The monoisotopic (exact) mass is 206 g/mol. The molecule has 0 aliphatic heterocycles. The summed E-state index contributed by atoms with van der Waals surface area (Å²) in [4.78, 5) is 0. The van der Waals surface area contributed by atoms with Gasteiger partial charge in [0, 0.05) is 17.8 Å². The topological polar surface area (TPSA) is 58.3 Å². The highest BCUT2D eigenvalue weighted by atomic mass is 16.3. The van der Waals surface area contributed by atoms with E-state index in [0.29, 0.717) is 17.8 Å². The van der Waals surface area contributed by atoms with Gasteiger partial charge in [0.2, 0.25) is 0 Å². The van der Waals surface area contributed by atoms with Crippen LogP contribution in [0, 0.1) is 0 Å². The SMILES string of the molecule is NC1CCCC(Nc2ccc(O)cc2)C1. The Morgan fingerprint density at radius 3 is 2.60 bits per heavy atom. The fraction of sp³-hybridized carbons (Fsp3) is 0.500. The van der Waals surface area contributed by atoms with Gasteiger partial charge in [-0.2, -0.15) is 0 Å². The fourth-order valence-corrected chi connectivity index (χ4v) is 2.15. The molecule has 82 valence electrons. The van der Waals surface area contributed by atoms with Gasteiger partial charge in [0.25, 0.3) is 0 Å². The van der Waals surface area contributed by atoms with Crippen LogP contribution in [0.5, 0.6) is 5.75 Å². The number of phenolic OH excluding ortho intramolecular Hbond substituents is 1. The molecule has 1 aromatic rings. The van der Waals surface area contributed by atoms with Gasteiger partial charge < -0.3 is 16.2 Å². The quantitative estimate of drug-likeness (QED) is 0.649. The van der Waals surface area contributed by atoms with E-state index in [0.717, 1.165) is 18.5 Å². The molecule has 0 radical (unpaired) electrons. The number of aromatic hydroxyl groups is 1. The van der Waals surface area contributed by atoms with E-state index in [1.807, 2.05) is 12.1 Å². The summed E-state index contributed by atoms with van der Waals surface area (Å²) in [6.07, 6.45) is 4.58. The number of nitrogens with two attached hydrogens (primary N) is 1. The molecule has 3 nitrogen and oxygen atoms in total. The summed E-state index contributed by atoms with van der Waals surface area (Å²) in [6, 6.07) is 8.02. The smallest absolute Gasteiger partial charge is 0.115 e. The maximum atomic E-state index is 9.16. The molecular formula is C12H18N2O. The van der Waals surface area contributed by atoms with Crippen LogP contribution in [0.4, 0.5) is 5.69 Å². The number of hydrogen-bond donors (Lipinski definition) is 3. The lowest BCUT2D eigenvalue weighted by Crippen LogP contribution is -2.34. The van der Waals surface area contributed by atoms with Gasteiger partial charge in [0.15, 0.2) is 0 Å². The van der Waals surface area contributed by atoms with Gasteiger partial charge in [-0.15, -0.1) is 0 Å². The van der Waals surface area contributed by atoms with Crippen LogP contribution in [0.3, 0.4) is 0 Å². The van der Waals surface area contributed by atoms with Crippen LogP contribution < -0.4 is 11.1 Å². The molecule has 1 fully saturated rings. The van der Waals surface area contributed by atoms with E-state index in [-0.39, 0.29) is 0 Å². The lowest BCUT2D eigenvalue weighted by Gasteiger charge is -2.28. The molecule has 0 aromatic heterocycles. The Hall–Kier alpha value is -1.22. The second-order valence-electron chi connectivity index (χ2n) is 4.31. The summed E-state index contributed by atoms with van der Waals surface area (Å²) in [5.41, 5.74) is 6.98. The van der Waals surface area contributed by atoms with E-state index >= 15 is 0 Å². The Morgan fingerprint density at radius 1 is 1.20 bits per heavy atom. The molecule has 0 spiro atoms. The van der Waals surface area contributed by atoms with Crippen molar-refractivity contribution in [1.82, 2.24) is 0 Å². The minimum atomic E-state index is 0.306. The van der Waals surface area contributed by atoms with Gasteiger partial charge >= 0.3 is 0 Å². The Balaban J connectivity index is 1.93. The molecule has 4 N–H and O–H groups in total. The molecule has 2 atom stereocenters. The zero-order chi connectivity index (χ0) is 10.7. The number of hydrogen-bond acceptors (Lipinski definition) is 3. The summed E-state index contributed by atoms with van der Waals surface area (Å²) < 4.78 is 0. The average Bonchev–Trinajstić information content (AvgIpc) is 2.22. The van der Waals surface area contributed by atoms with Crippen molar-refractivity contribution in [2.24, 2.45) is 5.73 Å². The Morgan fingerprint density at radius 2 is 1.93 bits per heavy atom. The molecule has 1 aliphatic rings. The second-order valence-corrected chi connectivity index (χ2v) is 4.31. The maximum absolute atomic E-state index is 9.16. The average molecular weight is 206 g/mol. The number of benzene rings is 1. The van der Waals surface area contributed by atoms with Crippen molar-refractivity contribution in [3.8, 4) is 5.75 Å². The molecule has 2 rings (SSSR count). The highest BCUT2D eigenvalue weighted by Crippen LogP contribution is 2.22. The first-order chi connectivity index (χ1) is 7.24. The number of phenols is 1. The maximum Gasteiger partial charge on any atom is 0.115 e. The molecule has 15 heavy (non-hydrogen) atoms. The van der Waals surface area contributed by atoms with E-state index in [2.05, 4.69) is 5.32 Å². The Labute approximate surface area is 90.3 Å². The third-order valence-electron chi connectivity index (χ3n) is 2.95. The minimum Gasteiger partial charge on any atom is -0.508 e. The molecule has 1 aromatic carbocycles. The molecule has 2 unspecified atom stereocenters. The van der Waals surface area contributed by atoms with Crippen LogP contribution >= 0.6 is 0 Å². The van der Waals surface area contributed by atoms with Crippen molar-refractivity contribution >= 4 is 5.69 Å². The van der Waals surface area contributed by atoms with Gasteiger partial charge in [-0.1, -0.05) is 0 Å². The first-order valence-corrected chi connectivity index (χ1v) is 5.55. The fourth-order valence-electron chi connectivity index (χ4n) is 2.15. The number of nitrogens with one attached hydrogen (secondary N) is 1. The third-order valence-corrected chi connectivity index (χ3v) is 2.95. The Bertz CT molecular complexity index is 310. The zero-order valence-corrected chi connectivity index (χ0v) is 8.82. The first kappa shape index (κ1) is 10.3. The summed E-state index contributed by atoms with van der Waals surface area (Å²) in [5, 5.41) is 12.6. The van der Waals surface area contributed by atoms with Crippen molar-refractivity contribution in [3.63, 3.8) is 0 Å². The van der Waals surface area contributed by atoms with Crippen LogP contribution in [0.15, 0.2) is 24.3 Å². The van der Waals surface area contributed by atoms with Crippen molar-refractivity contribution in [1.29, 1.82) is 0 Å². The van der Waals surface area contributed by atoms with Gasteiger partial charge in [0.05, 0.1) is 0 Å². The standard InChI is InChI=1S/C12H18N2O/c13-9-2-1-3-11(8-9)14-10-4-6-12(15)7-5-10/h4-7,9,11,14-15H,1-3,8,13H2. The predicted molar refractivity (Wildman–Crippen MR) is 62.0 cm³/mol. The van der Waals surface area contributed by atoms with Gasteiger partial charge in [-0.05, 0) is 49.9 Å².